The van der Waals surface area contributed by atoms with Crippen LogP contribution >= 0.6 is 0 Å². The highest BCUT2D eigenvalue weighted by molar-refractivity contribution is 6.32. The number of esters is 1. The lowest BCUT2D eigenvalue weighted by Gasteiger charge is -2.26. The van der Waals surface area contributed by atoms with Gasteiger partial charge in [0.05, 0.1) is 0 Å². The summed E-state index contributed by atoms with van der Waals surface area (Å²) in [5, 5.41) is 2.61. The van der Waals surface area contributed by atoms with Crippen LogP contribution in [0.1, 0.15) is 46.1 Å². The van der Waals surface area contributed by atoms with Gasteiger partial charge in [0.2, 0.25) is 0 Å². The summed E-state index contributed by atoms with van der Waals surface area (Å²) in [5.74, 6) is -1.46. The van der Waals surface area contributed by atoms with Crippen LogP contribution in [0.15, 0.2) is 30.3 Å². The minimum atomic E-state index is -0.800. The molecule has 1 aromatic rings. The number of hydrogen-bond donors (Lipinski definition) is 1. The second-order valence-electron chi connectivity index (χ2n) is 6.61. The highest BCUT2D eigenvalue weighted by Crippen LogP contribution is 2.21. The van der Waals surface area contributed by atoms with Crippen LogP contribution in [-0.2, 0) is 20.7 Å². The molecule has 0 heterocycles. The molecule has 0 aliphatic heterocycles. The number of nitrogens with one attached hydrogen (secondary N) is 1. The number of aryl methyl sites for hydroxylation is 1. The third kappa shape index (κ3) is 6.74. The molecule has 4 nitrogen and oxygen atoms in total. The van der Waals surface area contributed by atoms with Crippen LogP contribution in [0.5, 0.6) is 0 Å². The standard InChI is InChI=1S/C18H27NO3/c1-14(18(2,3)4)22-17(21)16(20)19-13-9-8-12-15-10-6-5-7-11-15/h5-7,10-11,14H,8-9,12-13H2,1-4H3,(H,19,20)/t14-/m1/s1. The predicted molar refractivity (Wildman–Crippen MR) is 87.4 cm³/mol. The van der Waals surface area contributed by atoms with E-state index in [9.17, 15) is 9.59 Å². The van der Waals surface area contributed by atoms with Crippen molar-refractivity contribution in [1.82, 2.24) is 5.32 Å². The Morgan fingerprint density at radius 2 is 1.77 bits per heavy atom. The van der Waals surface area contributed by atoms with Crippen LogP contribution in [0.3, 0.4) is 0 Å². The average Bonchev–Trinajstić information content (AvgIpc) is 2.46. The Bertz CT molecular complexity index is 477. The molecule has 0 bridgehead atoms. The highest BCUT2D eigenvalue weighted by Gasteiger charge is 2.26. The van der Waals surface area contributed by atoms with E-state index >= 15 is 0 Å². The van der Waals surface area contributed by atoms with Crippen molar-refractivity contribution in [3.05, 3.63) is 35.9 Å². The first-order valence-corrected chi connectivity index (χ1v) is 7.83. The lowest BCUT2D eigenvalue weighted by atomic mass is 9.90. The first kappa shape index (κ1) is 18.2. The Hall–Kier alpha value is -1.84. The molecule has 0 aliphatic rings. The van der Waals surface area contributed by atoms with Gasteiger partial charge >= 0.3 is 11.9 Å². The lowest BCUT2D eigenvalue weighted by Crippen LogP contribution is -2.38. The Morgan fingerprint density at radius 1 is 1.14 bits per heavy atom. The van der Waals surface area contributed by atoms with E-state index in [4.69, 9.17) is 4.74 Å². The predicted octanol–water partition coefficient (Wildman–Crippen LogP) is 3.10. The Morgan fingerprint density at radius 3 is 2.36 bits per heavy atom. The van der Waals surface area contributed by atoms with Gasteiger partial charge in [-0.1, -0.05) is 51.1 Å². The number of amides is 1. The van der Waals surface area contributed by atoms with Crippen LogP contribution in [0, 0.1) is 5.41 Å². The van der Waals surface area contributed by atoms with Gasteiger partial charge in [0.1, 0.15) is 6.10 Å². The summed E-state index contributed by atoms with van der Waals surface area (Å²) >= 11 is 0. The maximum absolute atomic E-state index is 11.7. The number of unbranched alkanes of at least 4 members (excludes halogenated alkanes) is 1. The molecule has 1 atom stereocenters. The number of carbonyl (C=O) groups excluding carboxylic acids is 2. The fraction of sp³-hybridized carbons (Fsp3) is 0.556. The second kappa shape index (κ2) is 8.57. The van der Waals surface area contributed by atoms with E-state index in [1.54, 1.807) is 6.92 Å². The lowest BCUT2D eigenvalue weighted by molar-refractivity contribution is -0.162. The third-order valence-corrected chi connectivity index (χ3v) is 3.71. The van der Waals surface area contributed by atoms with Crippen molar-refractivity contribution in [2.75, 3.05) is 6.54 Å². The number of rotatable bonds is 6. The van der Waals surface area contributed by atoms with Crippen molar-refractivity contribution >= 4 is 11.9 Å². The quantitative estimate of drug-likeness (QED) is 0.499. The molecule has 0 saturated carbocycles. The third-order valence-electron chi connectivity index (χ3n) is 3.71. The van der Waals surface area contributed by atoms with E-state index in [0.717, 1.165) is 19.3 Å². The molecule has 0 fully saturated rings. The summed E-state index contributed by atoms with van der Waals surface area (Å²) in [5.41, 5.74) is 1.11. The molecule has 1 aromatic carbocycles. The normalized spacial score (nSPS) is 12.5. The Kier molecular flexibility index (Phi) is 7.09. The van der Waals surface area contributed by atoms with E-state index in [1.165, 1.54) is 5.56 Å². The van der Waals surface area contributed by atoms with Crippen LogP contribution in [0.2, 0.25) is 0 Å². The smallest absolute Gasteiger partial charge is 0.397 e. The molecule has 0 aliphatic carbocycles. The van der Waals surface area contributed by atoms with Crippen LogP contribution in [-0.4, -0.2) is 24.5 Å². The summed E-state index contributed by atoms with van der Waals surface area (Å²) in [6, 6.07) is 10.2. The molecular weight excluding hydrogens is 278 g/mol. The van der Waals surface area contributed by atoms with Gasteiger partial charge in [-0.3, -0.25) is 4.79 Å². The van der Waals surface area contributed by atoms with Gasteiger partial charge in [-0.05, 0) is 37.2 Å². The molecule has 0 aromatic heterocycles. The molecule has 0 unspecified atom stereocenters. The Labute approximate surface area is 133 Å². The van der Waals surface area contributed by atoms with Gasteiger partial charge in [0, 0.05) is 6.54 Å². The van der Waals surface area contributed by atoms with Crippen molar-refractivity contribution in [2.24, 2.45) is 5.41 Å². The van der Waals surface area contributed by atoms with E-state index < -0.39 is 11.9 Å². The summed E-state index contributed by atoms with van der Waals surface area (Å²) < 4.78 is 5.15. The molecule has 1 rings (SSSR count). The van der Waals surface area contributed by atoms with Crippen molar-refractivity contribution in [2.45, 2.75) is 53.1 Å². The summed E-state index contributed by atoms with van der Waals surface area (Å²) in [6.07, 6.45) is 2.48. The molecule has 0 radical (unpaired) electrons. The van der Waals surface area contributed by atoms with Crippen LogP contribution < -0.4 is 5.32 Å². The van der Waals surface area contributed by atoms with Crippen molar-refractivity contribution < 1.29 is 14.3 Å². The molecule has 1 amide bonds. The fourth-order valence-corrected chi connectivity index (χ4v) is 1.76. The second-order valence-corrected chi connectivity index (χ2v) is 6.61. The highest BCUT2D eigenvalue weighted by atomic mass is 16.5. The first-order chi connectivity index (χ1) is 10.3. The SMILES string of the molecule is C[C@@H](OC(=O)C(=O)NCCCCc1ccccc1)C(C)(C)C. The van der Waals surface area contributed by atoms with Crippen LogP contribution in [0.25, 0.3) is 0 Å². The first-order valence-electron chi connectivity index (χ1n) is 7.83. The van der Waals surface area contributed by atoms with E-state index in [-0.39, 0.29) is 11.5 Å². The molecule has 1 N–H and O–H groups in total. The minimum absolute atomic E-state index is 0.175. The van der Waals surface area contributed by atoms with Gasteiger partial charge in [0.15, 0.2) is 0 Å². The van der Waals surface area contributed by atoms with E-state index in [1.807, 2.05) is 39.0 Å². The summed E-state index contributed by atoms with van der Waals surface area (Å²) in [4.78, 5) is 23.3. The molecule has 22 heavy (non-hydrogen) atoms. The monoisotopic (exact) mass is 305 g/mol. The van der Waals surface area contributed by atoms with Gasteiger partial charge < -0.3 is 10.1 Å². The van der Waals surface area contributed by atoms with Crippen molar-refractivity contribution in [1.29, 1.82) is 0 Å². The largest absolute Gasteiger partial charge is 0.455 e. The molecule has 4 heteroatoms. The van der Waals surface area contributed by atoms with Gasteiger partial charge in [-0.25, -0.2) is 4.79 Å². The van der Waals surface area contributed by atoms with Crippen molar-refractivity contribution in [3.8, 4) is 0 Å². The molecule has 122 valence electrons. The average molecular weight is 305 g/mol. The number of ether oxygens (including phenoxy) is 1. The topological polar surface area (TPSA) is 55.4 Å². The fourth-order valence-electron chi connectivity index (χ4n) is 1.76. The maximum Gasteiger partial charge on any atom is 0.397 e. The zero-order valence-electron chi connectivity index (χ0n) is 14.0. The zero-order valence-corrected chi connectivity index (χ0v) is 14.0. The van der Waals surface area contributed by atoms with Crippen molar-refractivity contribution in [3.63, 3.8) is 0 Å². The van der Waals surface area contributed by atoms with E-state index in [0.29, 0.717) is 6.54 Å². The summed E-state index contributed by atoms with van der Waals surface area (Å²) in [7, 11) is 0. The summed E-state index contributed by atoms with van der Waals surface area (Å²) in [6.45, 7) is 8.18. The molecular formula is C18H27NO3. The van der Waals surface area contributed by atoms with Crippen LogP contribution in [0.4, 0.5) is 0 Å². The number of hydrogen-bond acceptors (Lipinski definition) is 3. The molecule has 0 spiro atoms. The molecule has 0 saturated heterocycles. The van der Waals surface area contributed by atoms with E-state index in [2.05, 4.69) is 17.4 Å². The maximum atomic E-state index is 11.7. The number of benzene rings is 1. The van der Waals surface area contributed by atoms with Gasteiger partial charge in [-0.15, -0.1) is 0 Å². The zero-order chi connectivity index (χ0) is 16.6. The number of carbonyl (C=O) groups is 2. The van der Waals surface area contributed by atoms with Gasteiger partial charge in [-0.2, -0.15) is 0 Å². The Balaban J connectivity index is 2.19. The minimum Gasteiger partial charge on any atom is -0.455 e. The van der Waals surface area contributed by atoms with Gasteiger partial charge in [0.25, 0.3) is 0 Å².